The molecule has 7 nitrogen and oxygen atoms in total. The van der Waals surface area contributed by atoms with Crippen LogP contribution in [0.2, 0.25) is 0 Å². The van der Waals surface area contributed by atoms with Crippen LogP contribution in [-0.4, -0.2) is 31.9 Å². The maximum atomic E-state index is 8.83. The van der Waals surface area contributed by atoms with Gasteiger partial charge in [0.15, 0.2) is 0 Å². The first-order valence-electron chi connectivity index (χ1n) is 6.48. The third kappa shape index (κ3) is 2.91. The Balaban J connectivity index is 1.82. The molecule has 0 saturated carbocycles. The van der Waals surface area contributed by atoms with E-state index < -0.39 is 7.32 Å². The van der Waals surface area contributed by atoms with Crippen molar-refractivity contribution in [3.63, 3.8) is 0 Å². The first-order chi connectivity index (χ1) is 10.7. The number of pyridine rings is 1. The van der Waals surface area contributed by atoms with Gasteiger partial charge < -0.3 is 19.3 Å². The van der Waals surface area contributed by atoms with Crippen molar-refractivity contribution in [3.8, 4) is 11.8 Å². The van der Waals surface area contributed by atoms with Crippen LogP contribution >= 0.6 is 0 Å². The molecule has 0 aliphatic carbocycles. The van der Waals surface area contributed by atoms with E-state index in [2.05, 4.69) is 9.97 Å². The summed E-state index contributed by atoms with van der Waals surface area (Å²) in [7, 11) is -1.83. The van der Waals surface area contributed by atoms with Gasteiger partial charge in [-0.3, -0.25) is 0 Å². The van der Waals surface area contributed by atoms with Crippen LogP contribution < -0.4 is 4.65 Å². The van der Waals surface area contributed by atoms with E-state index in [4.69, 9.17) is 20.0 Å². The fraction of sp³-hybridized carbons (Fsp3) is 0.0714. The van der Waals surface area contributed by atoms with E-state index in [9.17, 15) is 0 Å². The molecule has 8 heteroatoms. The summed E-state index contributed by atoms with van der Waals surface area (Å²) in [5, 5.41) is 26.3. The molecule has 3 rings (SSSR count). The van der Waals surface area contributed by atoms with Crippen molar-refractivity contribution >= 4 is 18.4 Å². The zero-order valence-corrected chi connectivity index (χ0v) is 11.4. The predicted octanol–water partition coefficient (Wildman–Crippen LogP) is 0.700. The lowest BCUT2D eigenvalue weighted by Crippen LogP contribution is -2.20. The van der Waals surface area contributed by atoms with Crippen molar-refractivity contribution in [1.82, 2.24) is 14.5 Å². The first-order valence-corrected chi connectivity index (χ1v) is 6.48. The Morgan fingerprint density at radius 2 is 2.00 bits per heavy atom. The molecule has 2 aromatic heterocycles. The Bertz CT molecular complexity index is 839. The maximum absolute atomic E-state index is 8.83. The summed E-state index contributed by atoms with van der Waals surface area (Å²) >= 11 is 0. The quantitative estimate of drug-likeness (QED) is 0.686. The Hall–Kier alpha value is -2.89. The van der Waals surface area contributed by atoms with Crippen molar-refractivity contribution in [2.45, 2.75) is 6.54 Å². The molecule has 0 bridgehead atoms. The summed E-state index contributed by atoms with van der Waals surface area (Å²) in [5.41, 5.74) is 2.88. The average molecular weight is 294 g/mol. The third-order valence-corrected chi connectivity index (χ3v) is 3.14. The molecule has 1 aromatic carbocycles. The number of benzene rings is 1. The number of aromatic nitrogens is 3. The summed E-state index contributed by atoms with van der Waals surface area (Å²) in [5.74, 6) is 0.370. The molecule has 0 atom stereocenters. The molecule has 0 fully saturated rings. The van der Waals surface area contributed by atoms with Gasteiger partial charge in [-0.2, -0.15) is 5.26 Å². The zero-order valence-electron chi connectivity index (χ0n) is 11.4. The lowest BCUT2D eigenvalue weighted by atomic mass is 10.2. The first kappa shape index (κ1) is 14.1. The molecule has 108 valence electrons. The SMILES string of the molecule is N#Cc1cc2ncn(Cc3ccc(OB(O)O)cc3)c2cn1. The van der Waals surface area contributed by atoms with E-state index in [1.807, 2.05) is 22.8 Å². The largest absolute Gasteiger partial charge is 0.707 e. The minimum Gasteiger partial charge on any atom is -0.512 e. The molecule has 22 heavy (non-hydrogen) atoms. The smallest absolute Gasteiger partial charge is 0.512 e. The maximum Gasteiger partial charge on any atom is 0.707 e. The van der Waals surface area contributed by atoms with Gasteiger partial charge >= 0.3 is 7.32 Å². The number of imidazole rings is 1. The van der Waals surface area contributed by atoms with E-state index in [0.717, 1.165) is 16.6 Å². The minimum atomic E-state index is -1.83. The van der Waals surface area contributed by atoms with Gasteiger partial charge in [0.2, 0.25) is 0 Å². The van der Waals surface area contributed by atoms with Gasteiger partial charge in [-0.25, -0.2) is 9.97 Å². The van der Waals surface area contributed by atoms with Gasteiger partial charge in [0.25, 0.3) is 0 Å². The number of hydrogen-bond donors (Lipinski definition) is 2. The molecule has 0 unspecified atom stereocenters. The van der Waals surface area contributed by atoms with Gasteiger partial charge in [-0.1, -0.05) is 12.1 Å². The van der Waals surface area contributed by atoms with Crippen molar-refractivity contribution in [3.05, 3.63) is 54.1 Å². The van der Waals surface area contributed by atoms with Gasteiger partial charge in [-0.05, 0) is 17.7 Å². The van der Waals surface area contributed by atoms with E-state index in [1.54, 1.807) is 30.7 Å². The second-order valence-corrected chi connectivity index (χ2v) is 4.63. The lowest BCUT2D eigenvalue weighted by Gasteiger charge is -2.07. The summed E-state index contributed by atoms with van der Waals surface area (Å²) in [6.07, 6.45) is 3.32. The highest BCUT2D eigenvalue weighted by molar-refractivity contribution is 6.33. The standard InChI is InChI=1S/C14H11BN4O3/c16-6-11-5-13-14(7-17-11)19(9-18-13)8-10-1-3-12(4-2-10)22-15(20)21/h1-5,7,9,20-21H,8H2. The fourth-order valence-corrected chi connectivity index (χ4v) is 2.14. The Morgan fingerprint density at radius 1 is 1.23 bits per heavy atom. The molecule has 0 amide bonds. The van der Waals surface area contributed by atoms with Crippen LogP contribution in [-0.2, 0) is 6.54 Å². The fourth-order valence-electron chi connectivity index (χ4n) is 2.14. The number of nitrogens with zero attached hydrogens (tertiary/aromatic N) is 4. The summed E-state index contributed by atoms with van der Waals surface area (Å²) < 4.78 is 6.67. The van der Waals surface area contributed by atoms with Crippen LogP contribution in [0.4, 0.5) is 0 Å². The zero-order chi connectivity index (χ0) is 15.5. The topological polar surface area (TPSA) is 104 Å². The molecule has 0 radical (unpaired) electrons. The summed E-state index contributed by atoms with van der Waals surface area (Å²) in [4.78, 5) is 8.31. The summed E-state index contributed by atoms with van der Waals surface area (Å²) in [6, 6.07) is 10.6. The van der Waals surface area contributed by atoms with E-state index in [-0.39, 0.29) is 0 Å². The van der Waals surface area contributed by atoms with E-state index >= 15 is 0 Å². The number of hydrogen-bond acceptors (Lipinski definition) is 6. The molecule has 0 spiro atoms. The van der Waals surface area contributed by atoms with Crippen LogP contribution in [0.1, 0.15) is 11.3 Å². The molecule has 0 aliphatic rings. The van der Waals surface area contributed by atoms with Crippen molar-refractivity contribution < 1.29 is 14.7 Å². The number of nitriles is 1. The molecular weight excluding hydrogens is 283 g/mol. The molecular formula is C14H11BN4O3. The molecule has 0 aliphatic heterocycles. The minimum absolute atomic E-state index is 0.335. The van der Waals surface area contributed by atoms with Gasteiger partial charge in [0, 0.05) is 12.6 Å². The Kier molecular flexibility index (Phi) is 3.74. The van der Waals surface area contributed by atoms with E-state index in [0.29, 0.717) is 18.0 Å². The third-order valence-electron chi connectivity index (χ3n) is 3.14. The average Bonchev–Trinajstić information content (AvgIpc) is 2.91. The van der Waals surface area contributed by atoms with Crippen molar-refractivity contribution in [2.75, 3.05) is 0 Å². The lowest BCUT2D eigenvalue weighted by molar-refractivity contribution is 0.288. The molecule has 3 aromatic rings. The second kappa shape index (κ2) is 5.85. The predicted molar refractivity (Wildman–Crippen MR) is 78.6 cm³/mol. The second-order valence-electron chi connectivity index (χ2n) is 4.63. The Labute approximate surface area is 126 Å². The van der Waals surface area contributed by atoms with Crippen molar-refractivity contribution in [1.29, 1.82) is 5.26 Å². The molecule has 0 saturated heterocycles. The van der Waals surface area contributed by atoms with E-state index in [1.165, 1.54) is 0 Å². The number of rotatable bonds is 4. The van der Waals surface area contributed by atoms with Crippen LogP contribution in [0.3, 0.4) is 0 Å². The number of fused-ring (bicyclic) bond motifs is 1. The monoisotopic (exact) mass is 294 g/mol. The summed E-state index contributed by atoms with van der Waals surface area (Å²) in [6.45, 7) is 0.575. The van der Waals surface area contributed by atoms with Gasteiger partial charge in [0.1, 0.15) is 17.5 Å². The normalized spacial score (nSPS) is 10.4. The van der Waals surface area contributed by atoms with Crippen LogP contribution in [0, 0.1) is 11.3 Å². The highest BCUT2D eigenvalue weighted by Gasteiger charge is 2.11. The Morgan fingerprint density at radius 3 is 2.68 bits per heavy atom. The highest BCUT2D eigenvalue weighted by Crippen LogP contribution is 2.17. The van der Waals surface area contributed by atoms with Gasteiger partial charge in [-0.15, -0.1) is 0 Å². The van der Waals surface area contributed by atoms with Crippen LogP contribution in [0.5, 0.6) is 5.75 Å². The van der Waals surface area contributed by atoms with Crippen molar-refractivity contribution in [2.24, 2.45) is 0 Å². The molecule has 2 N–H and O–H groups in total. The highest BCUT2D eigenvalue weighted by atomic mass is 16.6. The van der Waals surface area contributed by atoms with Gasteiger partial charge in [0.05, 0.1) is 23.6 Å². The van der Waals surface area contributed by atoms with Crippen LogP contribution in [0.15, 0.2) is 42.9 Å². The van der Waals surface area contributed by atoms with Crippen LogP contribution in [0.25, 0.3) is 11.0 Å². The molecule has 2 heterocycles.